The highest BCUT2D eigenvalue weighted by molar-refractivity contribution is 5.91. The molecule has 2 heterocycles. The summed E-state index contributed by atoms with van der Waals surface area (Å²) in [6.07, 6.45) is 3.77. The van der Waals surface area contributed by atoms with Gasteiger partial charge in [-0.15, -0.1) is 0 Å². The number of hydrogen-bond donors (Lipinski definition) is 1. The third-order valence-corrected chi connectivity index (χ3v) is 4.49. The molecule has 1 aromatic carbocycles. The average Bonchev–Trinajstić information content (AvgIpc) is 3.17. The Morgan fingerprint density at radius 1 is 1.08 bits per heavy atom. The quantitative estimate of drug-likeness (QED) is 0.919. The molecule has 1 aliphatic heterocycles. The van der Waals surface area contributed by atoms with Crippen LogP contribution in [0.5, 0.6) is 0 Å². The van der Waals surface area contributed by atoms with Crippen LogP contribution in [0.2, 0.25) is 0 Å². The van der Waals surface area contributed by atoms with Crippen molar-refractivity contribution < 1.29 is 14.0 Å². The molecule has 1 saturated heterocycles. The van der Waals surface area contributed by atoms with Crippen molar-refractivity contribution >= 4 is 11.8 Å². The number of benzene rings is 1. The fourth-order valence-electron chi connectivity index (χ4n) is 3.12. The molecule has 3 rings (SSSR count). The van der Waals surface area contributed by atoms with E-state index in [-0.39, 0.29) is 17.6 Å². The number of hydrogen-bond acceptors (Lipinski definition) is 3. The molecule has 0 unspecified atom stereocenters. The number of nitrogens with one attached hydrogen (secondary N) is 1. The van der Waals surface area contributed by atoms with Gasteiger partial charge in [0.05, 0.1) is 6.26 Å². The van der Waals surface area contributed by atoms with Crippen molar-refractivity contribution in [2.75, 3.05) is 19.6 Å². The molecule has 1 N–H and O–H groups in total. The van der Waals surface area contributed by atoms with Gasteiger partial charge in [0.25, 0.3) is 5.91 Å². The van der Waals surface area contributed by atoms with E-state index in [9.17, 15) is 9.59 Å². The Balaban J connectivity index is 1.40. The number of carbonyl (C=O) groups is 2. The molecule has 5 heteroatoms. The summed E-state index contributed by atoms with van der Waals surface area (Å²) in [6, 6.07) is 13.7. The van der Waals surface area contributed by atoms with Crippen molar-refractivity contribution in [3.8, 4) is 0 Å². The third kappa shape index (κ3) is 4.04. The minimum absolute atomic E-state index is 0.0984. The Kier molecular flexibility index (Phi) is 5.31. The number of furan rings is 1. The van der Waals surface area contributed by atoms with Gasteiger partial charge in [-0.3, -0.25) is 9.59 Å². The van der Waals surface area contributed by atoms with Crippen LogP contribution < -0.4 is 5.32 Å². The molecular weight excluding hydrogens is 304 g/mol. The number of nitrogens with zero attached hydrogens (tertiary/aromatic N) is 1. The first kappa shape index (κ1) is 16.3. The second kappa shape index (κ2) is 7.81. The lowest BCUT2D eigenvalue weighted by molar-refractivity contribution is -0.132. The summed E-state index contributed by atoms with van der Waals surface area (Å²) in [6.45, 7) is 1.89. The van der Waals surface area contributed by atoms with Gasteiger partial charge in [-0.1, -0.05) is 30.3 Å². The second-order valence-electron chi connectivity index (χ2n) is 6.05. The van der Waals surface area contributed by atoms with Crippen molar-refractivity contribution in [2.24, 2.45) is 0 Å². The number of piperidine rings is 1. The Bertz CT molecular complexity index is 659. The van der Waals surface area contributed by atoms with E-state index >= 15 is 0 Å². The molecule has 1 aliphatic rings. The Labute approximate surface area is 141 Å². The average molecular weight is 326 g/mol. The van der Waals surface area contributed by atoms with Gasteiger partial charge < -0.3 is 14.6 Å². The minimum Gasteiger partial charge on any atom is -0.459 e. The first-order valence-electron chi connectivity index (χ1n) is 8.38. The van der Waals surface area contributed by atoms with Crippen molar-refractivity contribution in [1.82, 2.24) is 10.2 Å². The SMILES string of the molecule is O=C(NCCC(=O)N1CCC(c2ccccc2)CC1)c1ccco1. The van der Waals surface area contributed by atoms with E-state index in [1.165, 1.54) is 11.8 Å². The van der Waals surface area contributed by atoms with Gasteiger partial charge in [-0.2, -0.15) is 0 Å². The van der Waals surface area contributed by atoms with Crippen molar-refractivity contribution in [3.05, 3.63) is 60.1 Å². The summed E-state index contributed by atoms with van der Waals surface area (Å²) in [5.74, 6) is 0.622. The van der Waals surface area contributed by atoms with Crippen molar-refractivity contribution in [3.63, 3.8) is 0 Å². The number of rotatable bonds is 5. The lowest BCUT2D eigenvalue weighted by atomic mass is 9.89. The van der Waals surface area contributed by atoms with Gasteiger partial charge in [0, 0.05) is 26.1 Å². The fraction of sp³-hybridized carbons (Fsp3) is 0.368. The summed E-state index contributed by atoms with van der Waals surface area (Å²) in [7, 11) is 0. The fourth-order valence-corrected chi connectivity index (χ4v) is 3.12. The first-order valence-corrected chi connectivity index (χ1v) is 8.38. The first-order chi connectivity index (χ1) is 11.7. The number of likely N-dealkylation sites (tertiary alicyclic amines) is 1. The van der Waals surface area contributed by atoms with E-state index < -0.39 is 0 Å². The molecular formula is C19H22N2O3. The molecule has 0 saturated carbocycles. The molecule has 1 aromatic heterocycles. The molecule has 5 nitrogen and oxygen atoms in total. The highest BCUT2D eigenvalue weighted by Crippen LogP contribution is 2.27. The van der Waals surface area contributed by atoms with Crippen molar-refractivity contribution in [2.45, 2.75) is 25.2 Å². The molecule has 0 radical (unpaired) electrons. The zero-order chi connectivity index (χ0) is 16.8. The molecule has 1 fully saturated rings. The van der Waals surface area contributed by atoms with Gasteiger partial charge in [-0.25, -0.2) is 0 Å². The maximum atomic E-state index is 12.3. The zero-order valence-electron chi connectivity index (χ0n) is 13.6. The van der Waals surface area contributed by atoms with Crippen LogP contribution in [0.1, 0.15) is 41.3 Å². The van der Waals surface area contributed by atoms with Crippen LogP contribution in [0.3, 0.4) is 0 Å². The van der Waals surface area contributed by atoms with Gasteiger partial charge >= 0.3 is 0 Å². The number of carbonyl (C=O) groups excluding carboxylic acids is 2. The summed E-state index contributed by atoms with van der Waals surface area (Å²) < 4.78 is 5.02. The van der Waals surface area contributed by atoms with Crippen LogP contribution in [0.15, 0.2) is 53.1 Å². The van der Waals surface area contributed by atoms with E-state index in [1.54, 1.807) is 12.1 Å². The van der Waals surface area contributed by atoms with Crippen LogP contribution in [0.4, 0.5) is 0 Å². The summed E-state index contributed by atoms with van der Waals surface area (Å²) in [4.78, 5) is 25.9. The van der Waals surface area contributed by atoms with E-state index in [1.807, 2.05) is 11.0 Å². The molecule has 0 spiro atoms. The summed E-state index contributed by atoms with van der Waals surface area (Å²) >= 11 is 0. The van der Waals surface area contributed by atoms with Crippen LogP contribution in [0.25, 0.3) is 0 Å². The van der Waals surface area contributed by atoms with E-state index in [2.05, 4.69) is 29.6 Å². The molecule has 0 bridgehead atoms. The second-order valence-corrected chi connectivity index (χ2v) is 6.05. The zero-order valence-corrected chi connectivity index (χ0v) is 13.6. The van der Waals surface area contributed by atoms with Crippen molar-refractivity contribution in [1.29, 1.82) is 0 Å². The molecule has 24 heavy (non-hydrogen) atoms. The largest absolute Gasteiger partial charge is 0.459 e. The Morgan fingerprint density at radius 2 is 1.83 bits per heavy atom. The van der Waals surface area contributed by atoms with Gasteiger partial charge in [-0.05, 0) is 36.5 Å². The van der Waals surface area contributed by atoms with Crippen LogP contribution in [0, 0.1) is 0 Å². The van der Waals surface area contributed by atoms with Crippen LogP contribution >= 0.6 is 0 Å². The maximum absolute atomic E-state index is 12.3. The summed E-state index contributed by atoms with van der Waals surface area (Å²) in [5.41, 5.74) is 1.36. The third-order valence-electron chi connectivity index (χ3n) is 4.49. The van der Waals surface area contributed by atoms with Crippen LogP contribution in [-0.2, 0) is 4.79 Å². The molecule has 2 aromatic rings. The molecule has 0 atom stereocenters. The standard InChI is InChI=1S/C19H22N2O3/c22-18(8-11-20-19(23)17-7-4-14-24-17)21-12-9-16(10-13-21)15-5-2-1-3-6-15/h1-7,14,16H,8-13H2,(H,20,23). The Hall–Kier alpha value is -2.56. The van der Waals surface area contributed by atoms with Gasteiger partial charge in [0.2, 0.25) is 5.91 Å². The normalized spacial score (nSPS) is 15.2. The van der Waals surface area contributed by atoms with Gasteiger partial charge in [0.15, 0.2) is 5.76 Å². The molecule has 2 amide bonds. The Morgan fingerprint density at radius 3 is 2.50 bits per heavy atom. The smallest absolute Gasteiger partial charge is 0.286 e. The van der Waals surface area contributed by atoms with E-state index in [0.29, 0.717) is 18.9 Å². The lowest BCUT2D eigenvalue weighted by Gasteiger charge is -2.32. The number of amides is 2. The highest BCUT2D eigenvalue weighted by Gasteiger charge is 2.23. The molecule has 126 valence electrons. The maximum Gasteiger partial charge on any atom is 0.286 e. The van der Waals surface area contributed by atoms with Gasteiger partial charge in [0.1, 0.15) is 0 Å². The van der Waals surface area contributed by atoms with Crippen LogP contribution in [-0.4, -0.2) is 36.3 Å². The van der Waals surface area contributed by atoms with E-state index in [0.717, 1.165) is 25.9 Å². The molecule has 0 aliphatic carbocycles. The topological polar surface area (TPSA) is 62.6 Å². The minimum atomic E-state index is -0.282. The monoisotopic (exact) mass is 326 g/mol. The summed E-state index contributed by atoms with van der Waals surface area (Å²) in [5, 5.41) is 2.71. The lowest BCUT2D eigenvalue weighted by Crippen LogP contribution is -2.39. The predicted molar refractivity (Wildman–Crippen MR) is 90.7 cm³/mol. The van der Waals surface area contributed by atoms with E-state index in [4.69, 9.17) is 4.42 Å². The highest BCUT2D eigenvalue weighted by atomic mass is 16.3. The predicted octanol–water partition coefficient (Wildman–Crippen LogP) is 2.81.